The summed E-state index contributed by atoms with van der Waals surface area (Å²) in [5, 5.41) is 11.1. The van der Waals surface area contributed by atoms with Crippen LogP contribution < -0.4 is 9.47 Å². The summed E-state index contributed by atoms with van der Waals surface area (Å²) in [7, 11) is 3.07. The summed E-state index contributed by atoms with van der Waals surface area (Å²) in [6, 6.07) is 7.58. The Morgan fingerprint density at radius 2 is 1.78 bits per heavy atom. The number of nitrogens with zero attached hydrogens (tertiary/aromatic N) is 3. The molecule has 1 aromatic carbocycles. The van der Waals surface area contributed by atoms with Crippen LogP contribution in [0.15, 0.2) is 48.3 Å². The monoisotopic (exact) mass is 439 g/mol. The van der Waals surface area contributed by atoms with Crippen molar-refractivity contribution < 1.29 is 24.2 Å². The lowest BCUT2D eigenvalue weighted by Gasteiger charge is -2.29. The minimum Gasteiger partial charge on any atom is -0.507 e. The predicted octanol–water partition coefficient (Wildman–Crippen LogP) is 2.86. The van der Waals surface area contributed by atoms with E-state index in [1.807, 2.05) is 13.8 Å². The largest absolute Gasteiger partial charge is 0.507 e. The number of benzene rings is 1. The van der Waals surface area contributed by atoms with E-state index in [4.69, 9.17) is 9.47 Å². The molecule has 1 saturated heterocycles. The number of Topliss-reactive ketones (excluding diaryl/α,β-unsaturated/α-hetero) is 1. The molecule has 1 aliphatic rings. The summed E-state index contributed by atoms with van der Waals surface area (Å²) in [5.74, 6) is -0.576. The first-order valence-corrected chi connectivity index (χ1v) is 10.6. The van der Waals surface area contributed by atoms with Crippen molar-refractivity contribution in [3.63, 3.8) is 0 Å². The molecule has 0 radical (unpaired) electrons. The molecule has 3 rings (SSSR count). The van der Waals surface area contributed by atoms with Gasteiger partial charge in [0.05, 0.1) is 25.8 Å². The van der Waals surface area contributed by atoms with E-state index in [0.29, 0.717) is 35.7 Å². The van der Waals surface area contributed by atoms with Crippen molar-refractivity contribution in [2.45, 2.75) is 19.9 Å². The van der Waals surface area contributed by atoms with Crippen molar-refractivity contribution in [1.29, 1.82) is 0 Å². The molecule has 32 heavy (non-hydrogen) atoms. The standard InChI is InChI=1S/C24H29N3O5/c1-5-26(6-2)13-14-27-21(18-15-17(31-3)7-8-19(18)32-4)20(23(29)24(27)30)22(28)16-9-11-25-12-10-16/h7-12,15,21,28H,5-6,13-14H2,1-4H3/t21-/m1/s1. The fraction of sp³-hybridized carbons (Fsp3) is 0.375. The average Bonchev–Trinajstić information content (AvgIpc) is 3.09. The Morgan fingerprint density at radius 1 is 1.09 bits per heavy atom. The summed E-state index contributed by atoms with van der Waals surface area (Å²) in [6.45, 7) is 6.66. The Morgan fingerprint density at radius 3 is 2.38 bits per heavy atom. The van der Waals surface area contributed by atoms with Crippen molar-refractivity contribution in [2.75, 3.05) is 40.4 Å². The number of ketones is 1. The molecule has 2 heterocycles. The number of methoxy groups -OCH3 is 2. The zero-order chi connectivity index (χ0) is 23.3. The molecule has 8 nitrogen and oxygen atoms in total. The van der Waals surface area contributed by atoms with E-state index in [1.165, 1.54) is 24.4 Å². The van der Waals surface area contributed by atoms with Gasteiger partial charge in [-0.3, -0.25) is 14.6 Å². The lowest BCUT2D eigenvalue weighted by molar-refractivity contribution is -0.140. The molecular weight excluding hydrogens is 410 g/mol. The third kappa shape index (κ3) is 4.45. The molecule has 1 amide bonds. The first-order chi connectivity index (χ1) is 15.5. The second-order valence-electron chi connectivity index (χ2n) is 7.36. The van der Waals surface area contributed by atoms with Gasteiger partial charge in [0, 0.05) is 36.6 Å². The van der Waals surface area contributed by atoms with Crippen molar-refractivity contribution in [3.8, 4) is 11.5 Å². The van der Waals surface area contributed by atoms with Crippen LogP contribution in [0.25, 0.3) is 5.76 Å². The van der Waals surface area contributed by atoms with Crippen LogP contribution in [-0.4, -0.2) is 72.0 Å². The molecule has 0 spiro atoms. The number of likely N-dealkylation sites (tertiary alicyclic amines) is 1. The van der Waals surface area contributed by atoms with Gasteiger partial charge in [0.25, 0.3) is 11.7 Å². The van der Waals surface area contributed by atoms with Crippen LogP contribution in [0, 0.1) is 0 Å². The Labute approximate surface area is 188 Å². The average molecular weight is 440 g/mol. The topological polar surface area (TPSA) is 92.2 Å². The Hall–Kier alpha value is -3.39. The molecule has 1 fully saturated rings. The van der Waals surface area contributed by atoms with Crippen LogP contribution in [0.4, 0.5) is 0 Å². The number of aromatic nitrogens is 1. The summed E-state index contributed by atoms with van der Waals surface area (Å²) in [6.07, 6.45) is 3.04. The van der Waals surface area contributed by atoms with Gasteiger partial charge in [-0.2, -0.15) is 0 Å². The number of hydrogen-bond donors (Lipinski definition) is 1. The lowest BCUT2D eigenvalue weighted by Crippen LogP contribution is -2.38. The highest BCUT2D eigenvalue weighted by Crippen LogP contribution is 2.43. The summed E-state index contributed by atoms with van der Waals surface area (Å²) < 4.78 is 10.9. The van der Waals surface area contributed by atoms with Gasteiger partial charge in [-0.1, -0.05) is 13.8 Å². The fourth-order valence-corrected chi connectivity index (χ4v) is 3.94. The molecular formula is C24H29N3O5. The Kier molecular flexibility index (Phi) is 7.48. The van der Waals surface area contributed by atoms with E-state index in [9.17, 15) is 14.7 Å². The zero-order valence-electron chi connectivity index (χ0n) is 18.9. The van der Waals surface area contributed by atoms with Crippen molar-refractivity contribution in [1.82, 2.24) is 14.8 Å². The first kappa shape index (κ1) is 23.3. The van der Waals surface area contributed by atoms with Crippen LogP contribution >= 0.6 is 0 Å². The van der Waals surface area contributed by atoms with E-state index >= 15 is 0 Å². The molecule has 0 unspecified atom stereocenters. The third-order valence-electron chi connectivity index (χ3n) is 5.78. The highest BCUT2D eigenvalue weighted by Gasteiger charge is 2.47. The van der Waals surface area contributed by atoms with Crippen LogP contribution in [0.5, 0.6) is 11.5 Å². The number of hydrogen-bond acceptors (Lipinski definition) is 7. The number of likely N-dealkylation sites (N-methyl/N-ethyl adjacent to an activating group) is 1. The molecule has 8 heteroatoms. The molecule has 2 aromatic rings. The van der Waals surface area contributed by atoms with E-state index in [0.717, 1.165) is 13.1 Å². The quantitative estimate of drug-likeness (QED) is 0.365. The SMILES string of the molecule is CCN(CC)CCN1C(=O)C(=O)C(=C(O)c2ccncc2)[C@H]1c1cc(OC)ccc1OC. The maximum atomic E-state index is 13.1. The number of rotatable bonds is 9. The van der Waals surface area contributed by atoms with Gasteiger partial charge < -0.3 is 24.4 Å². The fourth-order valence-electron chi connectivity index (χ4n) is 3.94. The molecule has 1 N–H and O–H groups in total. The predicted molar refractivity (Wildman–Crippen MR) is 121 cm³/mol. The van der Waals surface area contributed by atoms with Gasteiger partial charge in [-0.05, 0) is 43.4 Å². The highest BCUT2D eigenvalue weighted by atomic mass is 16.5. The number of carbonyl (C=O) groups excluding carboxylic acids is 2. The number of ether oxygens (including phenoxy) is 2. The highest BCUT2D eigenvalue weighted by molar-refractivity contribution is 6.46. The van der Waals surface area contributed by atoms with E-state index in [1.54, 1.807) is 37.4 Å². The molecule has 1 aromatic heterocycles. The van der Waals surface area contributed by atoms with E-state index in [2.05, 4.69) is 9.88 Å². The number of aliphatic hydroxyl groups excluding tert-OH is 1. The number of pyridine rings is 1. The maximum absolute atomic E-state index is 13.1. The summed E-state index contributed by atoms with van der Waals surface area (Å²) >= 11 is 0. The molecule has 1 aliphatic heterocycles. The lowest BCUT2D eigenvalue weighted by atomic mass is 9.94. The second-order valence-corrected chi connectivity index (χ2v) is 7.36. The van der Waals surface area contributed by atoms with Gasteiger partial charge in [-0.15, -0.1) is 0 Å². The normalized spacial score (nSPS) is 17.8. The van der Waals surface area contributed by atoms with Crippen LogP contribution in [0.2, 0.25) is 0 Å². The van der Waals surface area contributed by atoms with Crippen LogP contribution in [0.3, 0.4) is 0 Å². The first-order valence-electron chi connectivity index (χ1n) is 10.6. The molecule has 0 bridgehead atoms. The molecule has 0 saturated carbocycles. The molecule has 1 atom stereocenters. The van der Waals surface area contributed by atoms with Crippen molar-refractivity contribution in [2.24, 2.45) is 0 Å². The van der Waals surface area contributed by atoms with Gasteiger partial charge in [0.1, 0.15) is 17.3 Å². The van der Waals surface area contributed by atoms with Crippen LogP contribution in [-0.2, 0) is 9.59 Å². The number of amides is 1. The molecule has 170 valence electrons. The van der Waals surface area contributed by atoms with Gasteiger partial charge >= 0.3 is 0 Å². The van der Waals surface area contributed by atoms with Gasteiger partial charge in [-0.25, -0.2) is 0 Å². The van der Waals surface area contributed by atoms with Crippen LogP contribution in [0.1, 0.15) is 31.0 Å². The zero-order valence-corrected chi connectivity index (χ0v) is 18.9. The number of carbonyl (C=O) groups is 2. The number of aliphatic hydroxyl groups is 1. The summed E-state index contributed by atoms with van der Waals surface area (Å²) in [4.78, 5) is 33.9. The Balaban J connectivity index is 2.18. The minimum atomic E-state index is -0.816. The second kappa shape index (κ2) is 10.3. The summed E-state index contributed by atoms with van der Waals surface area (Å²) in [5.41, 5.74) is 1.00. The van der Waals surface area contributed by atoms with E-state index in [-0.39, 0.29) is 11.3 Å². The maximum Gasteiger partial charge on any atom is 0.295 e. The van der Waals surface area contributed by atoms with E-state index < -0.39 is 17.7 Å². The smallest absolute Gasteiger partial charge is 0.295 e. The minimum absolute atomic E-state index is 0.0206. The Bertz CT molecular complexity index is 1000. The molecule has 0 aliphatic carbocycles. The van der Waals surface area contributed by atoms with Crippen molar-refractivity contribution in [3.05, 3.63) is 59.4 Å². The van der Waals surface area contributed by atoms with Gasteiger partial charge in [0.15, 0.2) is 0 Å². The van der Waals surface area contributed by atoms with Crippen molar-refractivity contribution >= 4 is 17.4 Å². The van der Waals surface area contributed by atoms with Gasteiger partial charge in [0.2, 0.25) is 0 Å². The third-order valence-corrected chi connectivity index (χ3v) is 5.78.